The Labute approximate surface area is 117 Å². The Bertz CT molecular complexity index is 716. The van der Waals surface area contributed by atoms with Crippen LogP contribution in [0.1, 0.15) is 16.3 Å². The van der Waals surface area contributed by atoms with Gasteiger partial charge in [-0.1, -0.05) is 16.8 Å². The minimum absolute atomic E-state index is 0.365. The zero-order valence-corrected chi connectivity index (χ0v) is 11.2. The van der Waals surface area contributed by atoms with E-state index in [9.17, 15) is 4.79 Å². The quantitative estimate of drug-likeness (QED) is 0.693. The van der Waals surface area contributed by atoms with E-state index in [0.717, 1.165) is 10.6 Å². The van der Waals surface area contributed by atoms with Crippen molar-refractivity contribution in [3.63, 3.8) is 0 Å². The molecule has 0 aliphatic rings. The first-order valence-electron chi connectivity index (χ1n) is 5.44. The van der Waals surface area contributed by atoms with Crippen LogP contribution in [0.25, 0.3) is 10.6 Å². The summed E-state index contributed by atoms with van der Waals surface area (Å²) in [6.07, 6.45) is 4.00. The average Bonchev–Trinajstić information content (AvgIpc) is 3.10. The van der Waals surface area contributed by atoms with Crippen molar-refractivity contribution in [1.82, 2.24) is 14.7 Å². The average molecular weight is 294 g/mol. The van der Waals surface area contributed by atoms with E-state index in [-0.39, 0.29) is 0 Å². The van der Waals surface area contributed by atoms with Crippen LogP contribution in [-0.4, -0.2) is 21.0 Å². The molecule has 0 amide bonds. The normalized spacial score (nSPS) is 10.8. The van der Waals surface area contributed by atoms with Gasteiger partial charge in [0.15, 0.2) is 17.9 Å². The van der Waals surface area contributed by atoms with Crippen molar-refractivity contribution >= 4 is 29.2 Å². The fraction of sp³-hybridized carbons (Fsp3) is 0.0833. The number of aldehydes is 1. The van der Waals surface area contributed by atoms with Crippen molar-refractivity contribution in [2.45, 2.75) is 6.54 Å². The maximum Gasteiger partial charge on any atom is 0.185 e. The molecule has 3 rings (SSSR count). The molecule has 96 valence electrons. The second-order valence-corrected chi connectivity index (χ2v) is 5.53. The Hall–Kier alpha value is -1.92. The van der Waals surface area contributed by atoms with Crippen molar-refractivity contribution in [2.24, 2.45) is 0 Å². The Morgan fingerprint density at radius 2 is 2.37 bits per heavy atom. The van der Waals surface area contributed by atoms with Crippen LogP contribution in [0.4, 0.5) is 0 Å². The first kappa shape index (κ1) is 12.1. The molecule has 0 saturated heterocycles. The topological polar surface area (TPSA) is 60.9 Å². The van der Waals surface area contributed by atoms with E-state index in [0.29, 0.717) is 28.8 Å². The van der Waals surface area contributed by atoms with E-state index < -0.39 is 0 Å². The Morgan fingerprint density at radius 3 is 3.11 bits per heavy atom. The van der Waals surface area contributed by atoms with Gasteiger partial charge in [0.05, 0.1) is 15.8 Å². The number of imidazole rings is 1. The van der Waals surface area contributed by atoms with E-state index >= 15 is 0 Å². The fourth-order valence-corrected chi connectivity index (χ4v) is 2.69. The molecule has 0 N–H and O–H groups in total. The maximum atomic E-state index is 10.8. The molecule has 0 bridgehead atoms. The minimum atomic E-state index is 0.365. The third kappa shape index (κ3) is 2.45. The molecule has 0 aliphatic carbocycles. The van der Waals surface area contributed by atoms with E-state index in [1.54, 1.807) is 17.0 Å². The summed E-state index contributed by atoms with van der Waals surface area (Å²) >= 11 is 7.30. The lowest BCUT2D eigenvalue weighted by Gasteiger charge is -1.98. The molecular weight excluding hydrogens is 286 g/mol. The van der Waals surface area contributed by atoms with Crippen LogP contribution in [0, 0.1) is 0 Å². The molecule has 0 aliphatic heterocycles. The molecule has 3 aromatic heterocycles. The molecule has 3 aromatic rings. The van der Waals surface area contributed by atoms with Gasteiger partial charge in [0.25, 0.3) is 0 Å². The monoisotopic (exact) mass is 293 g/mol. The van der Waals surface area contributed by atoms with Crippen LogP contribution in [0.5, 0.6) is 0 Å². The van der Waals surface area contributed by atoms with Gasteiger partial charge in [-0.25, -0.2) is 4.98 Å². The number of nitrogens with zero attached hydrogens (tertiary/aromatic N) is 3. The third-order valence-electron chi connectivity index (χ3n) is 2.56. The Kier molecular flexibility index (Phi) is 3.18. The molecule has 0 unspecified atom stereocenters. The van der Waals surface area contributed by atoms with E-state index in [1.165, 1.54) is 11.3 Å². The Balaban J connectivity index is 1.84. The second kappa shape index (κ2) is 4.99. The highest BCUT2D eigenvalue weighted by atomic mass is 35.5. The summed E-state index contributed by atoms with van der Waals surface area (Å²) in [5.41, 5.74) is 0.723. The van der Waals surface area contributed by atoms with Gasteiger partial charge >= 0.3 is 0 Å². The molecule has 3 heterocycles. The van der Waals surface area contributed by atoms with Crippen LogP contribution in [0.2, 0.25) is 4.34 Å². The second-order valence-electron chi connectivity index (χ2n) is 3.82. The van der Waals surface area contributed by atoms with Crippen LogP contribution >= 0.6 is 22.9 Å². The Morgan fingerprint density at radius 1 is 1.47 bits per heavy atom. The molecule has 0 fully saturated rings. The standard InChI is InChI=1S/C12H8ClN3O2S/c13-11-2-1-10(19-11)9-5-8(15-18-9)6-16-4-3-14-12(16)7-17/h1-5,7H,6H2. The lowest BCUT2D eigenvalue weighted by Crippen LogP contribution is -2.03. The number of carbonyl (C=O) groups excluding carboxylic acids is 1. The van der Waals surface area contributed by atoms with Crippen LogP contribution in [0.15, 0.2) is 35.1 Å². The summed E-state index contributed by atoms with van der Waals surface area (Å²) in [6.45, 7) is 0.441. The van der Waals surface area contributed by atoms with Crippen molar-refractivity contribution in [2.75, 3.05) is 0 Å². The van der Waals surface area contributed by atoms with Gasteiger partial charge in [-0.3, -0.25) is 4.79 Å². The molecule has 5 nitrogen and oxygen atoms in total. The molecule has 0 atom stereocenters. The summed E-state index contributed by atoms with van der Waals surface area (Å²) in [6, 6.07) is 5.52. The van der Waals surface area contributed by atoms with Gasteiger partial charge in [-0.05, 0) is 12.1 Å². The first-order chi connectivity index (χ1) is 9.26. The molecular formula is C12H8ClN3O2S. The largest absolute Gasteiger partial charge is 0.355 e. The number of aromatic nitrogens is 3. The highest BCUT2D eigenvalue weighted by Gasteiger charge is 2.10. The summed E-state index contributed by atoms with van der Waals surface area (Å²) in [5.74, 6) is 1.03. The summed E-state index contributed by atoms with van der Waals surface area (Å²) in [4.78, 5) is 15.6. The highest BCUT2D eigenvalue weighted by Crippen LogP contribution is 2.31. The molecule has 0 spiro atoms. The number of halogens is 1. The van der Waals surface area contributed by atoms with E-state index in [1.807, 2.05) is 18.2 Å². The van der Waals surface area contributed by atoms with Crippen LogP contribution in [0.3, 0.4) is 0 Å². The summed E-state index contributed by atoms with van der Waals surface area (Å²) in [7, 11) is 0. The molecule has 0 radical (unpaired) electrons. The van der Waals surface area contributed by atoms with Gasteiger partial charge in [0.2, 0.25) is 0 Å². The van der Waals surface area contributed by atoms with Crippen molar-refractivity contribution in [3.8, 4) is 10.6 Å². The van der Waals surface area contributed by atoms with Gasteiger partial charge in [0, 0.05) is 18.5 Å². The van der Waals surface area contributed by atoms with Crippen LogP contribution in [-0.2, 0) is 6.54 Å². The summed E-state index contributed by atoms with van der Waals surface area (Å²) in [5, 5.41) is 3.98. The van der Waals surface area contributed by atoms with Gasteiger partial charge in [-0.2, -0.15) is 0 Å². The number of thiophene rings is 1. The molecule has 0 aromatic carbocycles. The smallest absolute Gasteiger partial charge is 0.185 e. The molecule has 0 saturated carbocycles. The number of carbonyl (C=O) groups is 1. The van der Waals surface area contributed by atoms with Crippen LogP contribution < -0.4 is 0 Å². The van der Waals surface area contributed by atoms with Crippen molar-refractivity contribution in [3.05, 3.63) is 46.4 Å². The minimum Gasteiger partial charge on any atom is -0.355 e. The zero-order valence-electron chi connectivity index (χ0n) is 9.62. The van der Waals surface area contributed by atoms with Crippen molar-refractivity contribution < 1.29 is 9.32 Å². The zero-order chi connectivity index (χ0) is 13.2. The van der Waals surface area contributed by atoms with E-state index in [4.69, 9.17) is 16.1 Å². The predicted molar refractivity (Wildman–Crippen MR) is 71.5 cm³/mol. The van der Waals surface area contributed by atoms with E-state index in [2.05, 4.69) is 10.1 Å². The highest BCUT2D eigenvalue weighted by molar-refractivity contribution is 7.19. The fourth-order valence-electron chi connectivity index (χ4n) is 1.70. The number of rotatable bonds is 4. The SMILES string of the molecule is O=Cc1nccn1Cc1cc(-c2ccc(Cl)s2)on1. The van der Waals surface area contributed by atoms with Gasteiger partial charge < -0.3 is 9.09 Å². The first-order valence-corrected chi connectivity index (χ1v) is 6.63. The number of hydrogen-bond donors (Lipinski definition) is 0. The van der Waals surface area contributed by atoms with Gasteiger partial charge in [-0.15, -0.1) is 11.3 Å². The molecule has 7 heteroatoms. The maximum absolute atomic E-state index is 10.8. The lowest BCUT2D eigenvalue weighted by molar-refractivity contribution is 0.111. The third-order valence-corrected chi connectivity index (χ3v) is 3.81. The predicted octanol–water partition coefficient (Wildman–Crippen LogP) is 3.11. The molecule has 19 heavy (non-hydrogen) atoms. The number of hydrogen-bond acceptors (Lipinski definition) is 5. The lowest BCUT2D eigenvalue weighted by atomic mass is 10.3. The van der Waals surface area contributed by atoms with Crippen molar-refractivity contribution in [1.29, 1.82) is 0 Å². The van der Waals surface area contributed by atoms with Gasteiger partial charge in [0.1, 0.15) is 5.69 Å². The summed E-state index contributed by atoms with van der Waals surface area (Å²) < 4.78 is 7.67.